The Morgan fingerprint density at radius 3 is 2.48 bits per heavy atom. The molecule has 0 spiro atoms. The van der Waals surface area contributed by atoms with Gasteiger partial charge in [0, 0.05) is 42.8 Å². The fraction of sp³-hybridized carbons (Fsp3) is 0.571. The predicted octanol–water partition coefficient (Wildman–Crippen LogP) is 3.62. The van der Waals surface area contributed by atoms with Crippen LogP contribution in [0.2, 0.25) is 10.0 Å². The lowest BCUT2D eigenvalue weighted by atomic mass is 9.85. The molecule has 1 saturated carbocycles. The van der Waals surface area contributed by atoms with Gasteiger partial charge in [-0.3, -0.25) is 0 Å². The van der Waals surface area contributed by atoms with Crippen molar-refractivity contribution in [3.05, 3.63) is 34.1 Å². The molecule has 1 aromatic heterocycles. The number of likely N-dealkylation sites (N-methyl/N-ethyl adjacent to an activating group) is 1. The van der Waals surface area contributed by atoms with E-state index in [-0.39, 0.29) is 36.6 Å². The quantitative estimate of drug-likeness (QED) is 0.399. The van der Waals surface area contributed by atoms with Crippen LogP contribution in [0.1, 0.15) is 43.8 Å². The molecular formula is C21H34Cl3N9. The standard InChI is InChI=1S/C21H30Cl2N8.ClH.H3N/c1-26-16-8-14(25)10-31(11-16)21-29-19(12-3-2-4-13(24)7-12)28-20(30-21)27-15-5-6-17(22)18(23)9-15;;/h5-6,9,12-14,16,26H,2-4,7-8,10-11,24-25H2,1H3,(H,27,28,29,30);1H;1H3/t12?,13-,14+,16-;;/m0../s1. The Balaban J connectivity index is 0.00000193. The third-order valence-electron chi connectivity index (χ3n) is 6.07. The number of aromatic nitrogens is 3. The molecule has 33 heavy (non-hydrogen) atoms. The summed E-state index contributed by atoms with van der Waals surface area (Å²) in [6, 6.07) is 5.89. The average molecular weight is 519 g/mol. The maximum Gasteiger partial charge on any atom is 0.232 e. The number of hydrogen-bond acceptors (Lipinski definition) is 9. The van der Waals surface area contributed by atoms with Crippen molar-refractivity contribution in [2.75, 3.05) is 30.4 Å². The molecule has 0 amide bonds. The highest BCUT2D eigenvalue weighted by Gasteiger charge is 2.29. The van der Waals surface area contributed by atoms with Gasteiger partial charge in [0.1, 0.15) is 5.82 Å². The van der Waals surface area contributed by atoms with Gasteiger partial charge < -0.3 is 33.2 Å². The number of nitrogens with zero attached hydrogens (tertiary/aromatic N) is 4. The van der Waals surface area contributed by atoms with E-state index in [4.69, 9.17) is 49.6 Å². The zero-order valence-electron chi connectivity index (χ0n) is 18.8. The van der Waals surface area contributed by atoms with Crippen LogP contribution in [0.15, 0.2) is 18.2 Å². The number of hydrogen-bond donors (Lipinski definition) is 5. The Morgan fingerprint density at radius 1 is 1.00 bits per heavy atom. The third-order valence-corrected chi connectivity index (χ3v) is 6.81. The molecule has 2 aliphatic rings. The second-order valence-corrected chi connectivity index (χ2v) is 9.40. The Bertz CT molecular complexity index is 917. The van der Waals surface area contributed by atoms with E-state index in [0.717, 1.165) is 50.2 Å². The molecule has 4 rings (SSSR count). The van der Waals surface area contributed by atoms with Crippen molar-refractivity contribution < 1.29 is 0 Å². The van der Waals surface area contributed by atoms with Crippen LogP contribution < -0.4 is 33.2 Å². The molecule has 2 aromatic rings. The Kier molecular flexibility index (Phi) is 10.4. The van der Waals surface area contributed by atoms with Crippen molar-refractivity contribution in [2.45, 2.75) is 56.1 Å². The first kappa shape index (κ1) is 27.8. The molecule has 4 atom stereocenters. The third kappa shape index (κ3) is 7.02. The second-order valence-electron chi connectivity index (χ2n) is 8.58. The summed E-state index contributed by atoms with van der Waals surface area (Å²) in [6.45, 7) is 1.50. The smallest absolute Gasteiger partial charge is 0.232 e. The number of anilines is 3. The van der Waals surface area contributed by atoms with Gasteiger partial charge >= 0.3 is 0 Å². The highest BCUT2D eigenvalue weighted by atomic mass is 35.5. The molecule has 1 aromatic carbocycles. The Labute approximate surface area is 211 Å². The molecule has 0 bridgehead atoms. The van der Waals surface area contributed by atoms with Gasteiger partial charge in [-0.2, -0.15) is 15.0 Å². The van der Waals surface area contributed by atoms with Crippen LogP contribution in [0.25, 0.3) is 0 Å². The normalized spacial score (nSPS) is 25.1. The van der Waals surface area contributed by atoms with Crippen LogP contribution in [0.5, 0.6) is 0 Å². The second kappa shape index (κ2) is 12.3. The molecule has 1 unspecified atom stereocenters. The first-order chi connectivity index (χ1) is 14.9. The molecule has 1 aliphatic heterocycles. The van der Waals surface area contributed by atoms with E-state index in [1.165, 1.54) is 0 Å². The molecule has 9 N–H and O–H groups in total. The van der Waals surface area contributed by atoms with Gasteiger partial charge in [-0.25, -0.2) is 0 Å². The van der Waals surface area contributed by atoms with Crippen LogP contribution in [0.4, 0.5) is 17.6 Å². The monoisotopic (exact) mass is 517 g/mol. The lowest BCUT2D eigenvalue weighted by Crippen LogP contribution is -2.53. The number of nitrogens with one attached hydrogen (secondary N) is 2. The number of rotatable bonds is 5. The Hall–Kier alpha value is -1.46. The Morgan fingerprint density at radius 2 is 1.79 bits per heavy atom. The topological polar surface area (TPSA) is 153 Å². The van der Waals surface area contributed by atoms with Crippen molar-refractivity contribution in [3.63, 3.8) is 0 Å². The van der Waals surface area contributed by atoms with E-state index in [0.29, 0.717) is 34.5 Å². The molecule has 2 fully saturated rings. The summed E-state index contributed by atoms with van der Waals surface area (Å²) >= 11 is 12.2. The summed E-state index contributed by atoms with van der Waals surface area (Å²) in [4.78, 5) is 16.5. The zero-order valence-corrected chi connectivity index (χ0v) is 21.1. The molecule has 9 nitrogen and oxygen atoms in total. The van der Waals surface area contributed by atoms with Crippen molar-refractivity contribution >= 4 is 53.2 Å². The van der Waals surface area contributed by atoms with Crippen molar-refractivity contribution in [3.8, 4) is 0 Å². The lowest BCUT2D eigenvalue weighted by Gasteiger charge is -2.36. The number of benzene rings is 1. The predicted molar refractivity (Wildman–Crippen MR) is 139 cm³/mol. The van der Waals surface area contributed by atoms with E-state index in [1.54, 1.807) is 12.1 Å². The lowest BCUT2D eigenvalue weighted by molar-refractivity contribution is 0.379. The molecule has 12 heteroatoms. The highest BCUT2D eigenvalue weighted by Crippen LogP contribution is 2.32. The van der Waals surface area contributed by atoms with E-state index in [9.17, 15) is 0 Å². The number of piperidine rings is 1. The molecule has 2 heterocycles. The van der Waals surface area contributed by atoms with E-state index in [1.807, 2.05) is 13.1 Å². The summed E-state index contributed by atoms with van der Waals surface area (Å²) in [7, 11) is 1.96. The molecule has 1 aliphatic carbocycles. The van der Waals surface area contributed by atoms with Gasteiger partial charge in [0.15, 0.2) is 0 Å². The average Bonchev–Trinajstić information content (AvgIpc) is 2.75. The van der Waals surface area contributed by atoms with E-state index >= 15 is 0 Å². The van der Waals surface area contributed by atoms with Gasteiger partial charge in [-0.15, -0.1) is 12.4 Å². The van der Waals surface area contributed by atoms with Gasteiger partial charge in [-0.05, 0) is 50.9 Å². The number of nitrogens with two attached hydrogens (primary N) is 2. The van der Waals surface area contributed by atoms with Gasteiger partial charge in [-0.1, -0.05) is 29.6 Å². The first-order valence-corrected chi connectivity index (χ1v) is 11.6. The van der Waals surface area contributed by atoms with Crippen LogP contribution >= 0.6 is 35.6 Å². The summed E-state index contributed by atoms with van der Waals surface area (Å²) in [6.07, 6.45) is 4.97. The summed E-state index contributed by atoms with van der Waals surface area (Å²) < 4.78 is 0. The first-order valence-electron chi connectivity index (χ1n) is 10.8. The van der Waals surface area contributed by atoms with Gasteiger partial charge in [0.05, 0.1) is 10.0 Å². The summed E-state index contributed by atoms with van der Waals surface area (Å²) in [5.41, 5.74) is 13.3. The van der Waals surface area contributed by atoms with Gasteiger partial charge in [0.25, 0.3) is 0 Å². The SMILES string of the molecule is CN[C@H]1C[C@@H](N)CN(c2nc(Nc3ccc(Cl)c(Cl)c3)nc(C3CCC[C@H](N)C3)n2)C1.Cl.N. The van der Waals surface area contributed by atoms with E-state index < -0.39 is 0 Å². The molecule has 184 valence electrons. The van der Waals surface area contributed by atoms with Crippen LogP contribution in [0, 0.1) is 0 Å². The minimum Gasteiger partial charge on any atom is -0.344 e. The fourth-order valence-corrected chi connectivity index (χ4v) is 4.73. The van der Waals surface area contributed by atoms with Crippen LogP contribution in [-0.2, 0) is 0 Å². The van der Waals surface area contributed by atoms with Crippen molar-refractivity contribution in [2.24, 2.45) is 11.5 Å². The maximum absolute atomic E-state index is 6.31. The summed E-state index contributed by atoms with van der Waals surface area (Å²) in [5.74, 6) is 2.13. The van der Waals surface area contributed by atoms with Crippen molar-refractivity contribution in [1.29, 1.82) is 0 Å². The summed E-state index contributed by atoms with van der Waals surface area (Å²) in [5, 5.41) is 7.57. The largest absolute Gasteiger partial charge is 0.344 e. The van der Waals surface area contributed by atoms with E-state index in [2.05, 4.69) is 15.5 Å². The van der Waals surface area contributed by atoms with Crippen molar-refractivity contribution in [1.82, 2.24) is 26.4 Å². The minimum atomic E-state index is 0. The van der Waals surface area contributed by atoms with Crippen LogP contribution in [-0.4, -0.2) is 53.2 Å². The molecule has 1 saturated heterocycles. The maximum atomic E-state index is 6.31. The number of halogens is 3. The zero-order chi connectivity index (χ0) is 22.0. The molecular weight excluding hydrogens is 485 g/mol. The molecule has 0 radical (unpaired) electrons. The highest BCUT2D eigenvalue weighted by molar-refractivity contribution is 6.42. The van der Waals surface area contributed by atoms with Crippen LogP contribution in [0.3, 0.4) is 0 Å². The fourth-order valence-electron chi connectivity index (χ4n) is 4.44. The van der Waals surface area contributed by atoms with Gasteiger partial charge in [0.2, 0.25) is 11.9 Å². The minimum absolute atomic E-state index is 0.